The highest BCUT2D eigenvalue weighted by Gasteiger charge is 2.22. The third-order valence-electron chi connectivity index (χ3n) is 3.22. The molecular weight excluding hydrogens is 366 g/mol. The maximum Gasteiger partial charge on any atom is 0.407 e. The summed E-state index contributed by atoms with van der Waals surface area (Å²) >= 11 is 0. The number of nitro benzene ring substituents is 1. The van der Waals surface area contributed by atoms with E-state index in [0.29, 0.717) is 5.56 Å². The van der Waals surface area contributed by atoms with E-state index in [1.54, 1.807) is 53.7 Å². The van der Waals surface area contributed by atoms with Crippen molar-refractivity contribution < 1.29 is 24.0 Å². The lowest BCUT2D eigenvalue weighted by Crippen LogP contribution is -2.47. The van der Waals surface area contributed by atoms with Crippen molar-refractivity contribution in [3.8, 4) is 0 Å². The molecule has 28 heavy (non-hydrogen) atoms. The Labute approximate surface area is 164 Å². The number of nitro groups is 1. The van der Waals surface area contributed by atoms with E-state index in [2.05, 4.69) is 10.6 Å². The van der Waals surface area contributed by atoms with Crippen molar-refractivity contribution in [2.45, 2.75) is 65.2 Å². The zero-order valence-corrected chi connectivity index (χ0v) is 17.2. The number of nitrogens with zero attached hydrogens (tertiary/aromatic N) is 1. The van der Waals surface area contributed by atoms with Gasteiger partial charge in [0.15, 0.2) is 0 Å². The van der Waals surface area contributed by atoms with E-state index in [-0.39, 0.29) is 18.7 Å². The Morgan fingerprint density at radius 2 is 1.64 bits per heavy atom. The first-order valence-corrected chi connectivity index (χ1v) is 8.95. The summed E-state index contributed by atoms with van der Waals surface area (Å²) in [5.74, 6) is 0. The van der Waals surface area contributed by atoms with E-state index in [1.165, 1.54) is 12.1 Å². The number of amides is 2. The molecule has 0 bridgehead atoms. The molecule has 0 spiro atoms. The van der Waals surface area contributed by atoms with E-state index >= 15 is 0 Å². The largest absolute Gasteiger partial charge is 0.444 e. The lowest BCUT2D eigenvalue weighted by Gasteiger charge is -2.25. The van der Waals surface area contributed by atoms with Gasteiger partial charge in [-0.3, -0.25) is 10.1 Å². The van der Waals surface area contributed by atoms with Gasteiger partial charge in [0.1, 0.15) is 11.2 Å². The normalized spacial score (nSPS) is 12.6. The summed E-state index contributed by atoms with van der Waals surface area (Å²) < 4.78 is 10.4. The van der Waals surface area contributed by atoms with Gasteiger partial charge < -0.3 is 20.1 Å². The third kappa shape index (κ3) is 9.75. The fraction of sp³-hybridized carbons (Fsp3) is 0.579. The summed E-state index contributed by atoms with van der Waals surface area (Å²) in [7, 11) is 0. The van der Waals surface area contributed by atoms with Gasteiger partial charge in [-0.1, -0.05) is 12.1 Å². The van der Waals surface area contributed by atoms with E-state index in [9.17, 15) is 19.7 Å². The number of alkyl carbamates (subject to hydrolysis) is 2. The molecule has 1 aromatic rings. The average Bonchev–Trinajstić information content (AvgIpc) is 2.49. The van der Waals surface area contributed by atoms with Gasteiger partial charge in [-0.05, 0) is 53.5 Å². The Morgan fingerprint density at radius 1 is 1.07 bits per heavy atom. The molecule has 0 fully saturated rings. The maximum atomic E-state index is 12.1. The van der Waals surface area contributed by atoms with Crippen LogP contribution in [0, 0.1) is 10.1 Å². The summed E-state index contributed by atoms with van der Waals surface area (Å²) in [4.78, 5) is 34.5. The van der Waals surface area contributed by atoms with E-state index < -0.39 is 34.4 Å². The van der Waals surface area contributed by atoms with Gasteiger partial charge in [-0.15, -0.1) is 0 Å². The van der Waals surface area contributed by atoms with Crippen molar-refractivity contribution in [3.05, 3.63) is 39.9 Å². The number of non-ortho nitro benzene ring substituents is 1. The molecule has 156 valence electrons. The van der Waals surface area contributed by atoms with Crippen LogP contribution >= 0.6 is 0 Å². The molecule has 1 atom stereocenters. The molecule has 0 saturated carbocycles. The van der Waals surface area contributed by atoms with Gasteiger partial charge in [0, 0.05) is 18.7 Å². The average molecular weight is 395 g/mol. The Hall–Kier alpha value is -2.84. The van der Waals surface area contributed by atoms with Crippen molar-refractivity contribution in [2.24, 2.45) is 0 Å². The molecule has 0 aromatic heterocycles. The fourth-order valence-corrected chi connectivity index (χ4v) is 2.25. The van der Waals surface area contributed by atoms with Gasteiger partial charge in [-0.2, -0.15) is 0 Å². The van der Waals surface area contributed by atoms with Crippen LogP contribution in [0.4, 0.5) is 15.3 Å². The van der Waals surface area contributed by atoms with Crippen LogP contribution in [0.3, 0.4) is 0 Å². The molecular formula is C19H29N3O6. The molecule has 0 radical (unpaired) electrons. The molecule has 1 aromatic carbocycles. The first-order valence-electron chi connectivity index (χ1n) is 8.95. The molecule has 2 amide bonds. The van der Waals surface area contributed by atoms with E-state index in [1.807, 2.05) is 0 Å². The van der Waals surface area contributed by atoms with E-state index in [0.717, 1.165) is 0 Å². The van der Waals surface area contributed by atoms with Crippen molar-refractivity contribution >= 4 is 17.9 Å². The number of nitrogens with one attached hydrogen (secondary N) is 2. The van der Waals surface area contributed by atoms with Crippen molar-refractivity contribution in [1.29, 1.82) is 0 Å². The minimum Gasteiger partial charge on any atom is -0.444 e. The SMILES string of the molecule is CC(C)(C)OC(=O)NCC(Cc1cccc([N+](=O)[O-])c1)NC(=O)OC(C)(C)C. The molecule has 0 aliphatic rings. The zero-order valence-electron chi connectivity index (χ0n) is 17.2. The highest BCUT2D eigenvalue weighted by molar-refractivity contribution is 5.69. The summed E-state index contributed by atoms with van der Waals surface area (Å²) in [5, 5.41) is 16.3. The van der Waals surface area contributed by atoms with Crippen LogP contribution in [0.1, 0.15) is 47.1 Å². The van der Waals surface area contributed by atoms with Crippen LogP contribution in [-0.2, 0) is 15.9 Å². The monoisotopic (exact) mass is 395 g/mol. The Morgan fingerprint density at radius 3 is 2.18 bits per heavy atom. The Balaban J connectivity index is 2.85. The second-order valence-electron chi connectivity index (χ2n) is 8.36. The smallest absolute Gasteiger partial charge is 0.407 e. The second kappa shape index (κ2) is 9.38. The lowest BCUT2D eigenvalue weighted by molar-refractivity contribution is -0.384. The van der Waals surface area contributed by atoms with Crippen molar-refractivity contribution in [2.75, 3.05) is 6.54 Å². The van der Waals surface area contributed by atoms with Gasteiger partial charge in [0.05, 0.1) is 11.0 Å². The van der Waals surface area contributed by atoms with Crippen molar-refractivity contribution in [3.63, 3.8) is 0 Å². The number of carbonyl (C=O) groups is 2. The number of benzene rings is 1. The Kier molecular flexibility index (Phi) is 7.78. The standard InChI is InChI=1S/C19H29N3O6/c1-18(2,3)27-16(23)20-12-14(21-17(24)28-19(4,5)6)10-13-8-7-9-15(11-13)22(25)26/h7-9,11,14H,10,12H2,1-6H3,(H,20,23)(H,21,24). The highest BCUT2D eigenvalue weighted by atomic mass is 16.6. The topological polar surface area (TPSA) is 120 Å². The predicted octanol–water partition coefficient (Wildman–Crippen LogP) is 3.56. The predicted molar refractivity (Wildman–Crippen MR) is 104 cm³/mol. The Bertz CT molecular complexity index is 706. The summed E-state index contributed by atoms with van der Waals surface area (Å²) in [6.07, 6.45) is -1.01. The van der Waals surface area contributed by atoms with Crippen LogP contribution < -0.4 is 10.6 Å². The van der Waals surface area contributed by atoms with Gasteiger partial charge in [-0.25, -0.2) is 9.59 Å². The lowest BCUT2D eigenvalue weighted by atomic mass is 10.1. The third-order valence-corrected chi connectivity index (χ3v) is 3.22. The van der Waals surface area contributed by atoms with Gasteiger partial charge in [0.2, 0.25) is 0 Å². The molecule has 1 unspecified atom stereocenters. The van der Waals surface area contributed by atoms with Crippen LogP contribution in [0.15, 0.2) is 24.3 Å². The van der Waals surface area contributed by atoms with Gasteiger partial charge in [0.25, 0.3) is 5.69 Å². The molecule has 9 nitrogen and oxygen atoms in total. The molecule has 0 aliphatic carbocycles. The number of ether oxygens (including phenoxy) is 2. The van der Waals surface area contributed by atoms with E-state index in [4.69, 9.17) is 9.47 Å². The summed E-state index contributed by atoms with van der Waals surface area (Å²) in [6.45, 7) is 10.5. The number of hydrogen-bond acceptors (Lipinski definition) is 6. The summed E-state index contributed by atoms with van der Waals surface area (Å²) in [6, 6.07) is 5.55. The van der Waals surface area contributed by atoms with Crippen molar-refractivity contribution in [1.82, 2.24) is 10.6 Å². The molecule has 1 rings (SSSR count). The first-order chi connectivity index (χ1) is 12.7. The first kappa shape index (κ1) is 23.2. The molecule has 2 N–H and O–H groups in total. The van der Waals surface area contributed by atoms with Crippen LogP contribution in [0.5, 0.6) is 0 Å². The molecule has 9 heteroatoms. The second-order valence-corrected chi connectivity index (χ2v) is 8.36. The quantitative estimate of drug-likeness (QED) is 0.561. The minimum absolute atomic E-state index is 0.0476. The fourth-order valence-electron chi connectivity index (χ4n) is 2.25. The number of carbonyl (C=O) groups excluding carboxylic acids is 2. The zero-order chi connectivity index (χ0) is 21.5. The highest BCUT2D eigenvalue weighted by Crippen LogP contribution is 2.15. The number of hydrogen-bond donors (Lipinski definition) is 2. The molecule has 0 saturated heterocycles. The molecule has 0 heterocycles. The van der Waals surface area contributed by atoms with Crippen LogP contribution in [0.25, 0.3) is 0 Å². The van der Waals surface area contributed by atoms with Crippen LogP contribution in [0.2, 0.25) is 0 Å². The van der Waals surface area contributed by atoms with Crippen LogP contribution in [-0.4, -0.2) is 40.9 Å². The van der Waals surface area contributed by atoms with Gasteiger partial charge >= 0.3 is 12.2 Å². The minimum atomic E-state index is -0.682. The molecule has 0 aliphatic heterocycles. The number of rotatable bonds is 6. The summed E-state index contributed by atoms with van der Waals surface area (Å²) in [5.41, 5.74) is -0.744. The maximum absolute atomic E-state index is 12.1.